The molecule has 0 heterocycles. The molecule has 1 unspecified atom stereocenters. The van der Waals surface area contributed by atoms with E-state index in [2.05, 4.69) is 19.9 Å². The maximum absolute atomic E-state index is 13.6. The molecule has 1 amide bonds. The smallest absolute Gasteiger partial charge is 0.336 e. The molecule has 0 aliphatic rings. The summed E-state index contributed by atoms with van der Waals surface area (Å²) >= 11 is 0. The van der Waals surface area contributed by atoms with Crippen LogP contribution in [0.4, 0.5) is 11.4 Å². The van der Waals surface area contributed by atoms with Crippen LogP contribution in [0.25, 0.3) is 10.8 Å². The Balaban J connectivity index is 1.74. The van der Waals surface area contributed by atoms with Crippen molar-refractivity contribution in [2.75, 3.05) is 16.8 Å². The van der Waals surface area contributed by atoms with Crippen LogP contribution in [0.15, 0.2) is 72.8 Å². The van der Waals surface area contributed by atoms with E-state index in [9.17, 15) is 29.4 Å². The predicted octanol–water partition coefficient (Wildman–Crippen LogP) is 7.97. The fourth-order valence-corrected chi connectivity index (χ4v) is 4.72. The van der Waals surface area contributed by atoms with Gasteiger partial charge in [0, 0.05) is 22.2 Å². The van der Waals surface area contributed by atoms with E-state index in [0.29, 0.717) is 35.5 Å². The summed E-state index contributed by atoms with van der Waals surface area (Å²) in [5.74, 6) is -3.16. The number of carbonyl (C=O) groups is 4. The van der Waals surface area contributed by atoms with Crippen LogP contribution in [0.2, 0.25) is 0 Å². The highest BCUT2D eigenvalue weighted by Gasteiger charge is 2.33. The van der Waals surface area contributed by atoms with Crippen molar-refractivity contribution in [3.63, 3.8) is 0 Å². The second-order valence-electron chi connectivity index (χ2n) is 12.1. The Kier molecular flexibility index (Phi) is 9.64. The Labute approximate surface area is 264 Å². The Bertz CT molecular complexity index is 1810. The second kappa shape index (κ2) is 13.1. The molecular formula is C35H37N2O7P. The third-order valence-corrected chi connectivity index (χ3v) is 8.80. The van der Waals surface area contributed by atoms with Crippen LogP contribution in [0.3, 0.4) is 0 Å². The van der Waals surface area contributed by atoms with E-state index < -0.39 is 40.2 Å². The molecule has 0 spiro atoms. The molecule has 1 atom stereocenters. The first kappa shape index (κ1) is 33.1. The van der Waals surface area contributed by atoms with E-state index >= 15 is 0 Å². The molecular weight excluding hydrogens is 591 g/mol. The highest BCUT2D eigenvalue weighted by atomic mass is 31.0. The van der Waals surface area contributed by atoms with Gasteiger partial charge in [-0.2, -0.15) is 0 Å². The Morgan fingerprint density at radius 1 is 0.778 bits per heavy atom. The lowest BCUT2D eigenvalue weighted by atomic mass is 9.79. The average molecular weight is 629 g/mol. The summed E-state index contributed by atoms with van der Waals surface area (Å²) in [5.41, 5.74) is -1.98. The fourth-order valence-electron chi connectivity index (χ4n) is 4.62. The normalized spacial score (nSPS) is 11.6. The molecule has 0 radical (unpaired) electrons. The van der Waals surface area contributed by atoms with Crippen molar-refractivity contribution < 1.29 is 34.1 Å². The highest BCUT2D eigenvalue weighted by molar-refractivity contribution is 7.16. The molecule has 234 valence electrons. The van der Waals surface area contributed by atoms with Gasteiger partial charge in [-0.05, 0) is 79.7 Å². The summed E-state index contributed by atoms with van der Waals surface area (Å²) in [4.78, 5) is 51.1. The van der Waals surface area contributed by atoms with Crippen LogP contribution in [0.5, 0.6) is 11.5 Å². The van der Waals surface area contributed by atoms with Crippen LogP contribution < -0.4 is 15.4 Å². The van der Waals surface area contributed by atoms with Gasteiger partial charge in [0.25, 0.3) is 5.91 Å². The highest BCUT2D eigenvalue weighted by Crippen LogP contribution is 2.36. The summed E-state index contributed by atoms with van der Waals surface area (Å²) in [6.07, 6.45) is 1.10. The molecule has 0 aliphatic heterocycles. The van der Waals surface area contributed by atoms with Gasteiger partial charge in [0.15, 0.2) is 11.5 Å². The standard InChI is InChI=1S/C35H37N2O7P/c1-6-34(2,3)30(38)24-17-25(27(33(42)43)18-26(24)32(40)41)31(39)36-22-12-14-29(28(16-22)37-35(4,5)19-45)44-23-13-11-20-9-7-8-10-21(20)15-23/h7-18,37H,6,19,45H2,1-5H3,(H,36,39)(H,40,41)(H,42,43). The van der Waals surface area contributed by atoms with Crippen LogP contribution in [-0.4, -0.2) is 45.5 Å². The number of fused-ring (bicyclic) bond motifs is 1. The Morgan fingerprint density at radius 2 is 1.40 bits per heavy atom. The van der Waals surface area contributed by atoms with Crippen LogP contribution in [0, 0.1) is 5.41 Å². The molecule has 10 heteroatoms. The molecule has 0 saturated heterocycles. The molecule has 9 nitrogen and oxygen atoms in total. The summed E-state index contributed by atoms with van der Waals surface area (Å²) in [6, 6.07) is 20.6. The number of carboxylic acid groups (broad SMARTS) is 2. The number of ether oxygens (including phenoxy) is 1. The number of amides is 1. The third kappa shape index (κ3) is 7.49. The second-order valence-corrected chi connectivity index (χ2v) is 12.5. The average Bonchev–Trinajstić information content (AvgIpc) is 3.00. The number of carboxylic acids is 2. The van der Waals surface area contributed by atoms with Gasteiger partial charge in [-0.1, -0.05) is 51.1 Å². The first-order valence-corrected chi connectivity index (χ1v) is 15.3. The molecule has 4 aromatic rings. The number of ketones is 1. The first-order valence-electron chi connectivity index (χ1n) is 14.5. The number of nitrogens with one attached hydrogen (secondary N) is 2. The maximum atomic E-state index is 13.6. The number of Topliss-reactive ketones (excluding diaryl/α,β-unsaturated/α-hetero) is 1. The van der Waals surface area contributed by atoms with Gasteiger partial charge in [-0.25, -0.2) is 9.59 Å². The molecule has 4 aromatic carbocycles. The quantitative estimate of drug-likeness (QED) is 0.0914. The van der Waals surface area contributed by atoms with Gasteiger partial charge in [0.2, 0.25) is 0 Å². The van der Waals surface area contributed by atoms with Crippen LogP contribution in [0.1, 0.15) is 82.5 Å². The topological polar surface area (TPSA) is 142 Å². The number of benzene rings is 4. The maximum Gasteiger partial charge on any atom is 0.336 e. The SMILES string of the molecule is CCC(C)(C)C(=O)c1cc(C(=O)Nc2ccc(Oc3ccc4ccccc4c3)c(NC(C)(C)CP)c2)c(C(=O)O)cc1C(=O)O. The molecule has 0 bridgehead atoms. The number of anilines is 2. The zero-order valence-electron chi connectivity index (χ0n) is 25.9. The Morgan fingerprint density at radius 3 is 2.02 bits per heavy atom. The van der Waals surface area contributed by atoms with Crippen molar-refractivity contribution in [2.24, 2.45) is 5.41 Å². The summed E-state index contributed by atoms with van der Waals surface area (Å²) < 4.78 is 6.27. The minimum absolute atomic E-state index is 0.229. The largest absolute Gasteiger partial charge is 0.478 e. The van der Waals surface area contributed by atoms with E-state index in [1.807, 2.05) is 56.3 Å². The van der Waals surface area contributed by atoms with Crippen LogP contribution >= 0.6 is 9.24 Å². The third-order valence-electron chi connectivity index (χ3n) is 7.78. The molecule has 0 saturated carbocycles. The predicted molar refractivity (Wildman–Crippen MR) is 179 cm³/mol. The molecule has 0 aromatic heterocycles. The molecule has 0 fully saturated rings. The molecule has 4 N–H and O–H groups in total. The number of carbonyl (C=O) groups excluding carboxylic acids is 2. The molecule has 0 aliphatic carbocycles. The minimum atomic E-state index is -1.50. The summed E-state index contributed by atoms with van der Waals surface area (Å²) in [7, 11) is 2.69. The minimum Gasteiger partial charge on any atom is -0.478 e. The molecule has 4 rings (SSSR count). The molecule has 45 heavy (non-hydrogen) atoms. The lowest BCUT2D eigenvalue weighted by Crippen LogP contribution is -2.32. The van der Waals surface area contributed by atoms with Crippen molar-refractivity contribution >= 4 is 55.0 Å². The van der Waals surface area contributed by atoms with Gasteiger partial charge >= 0.3 is 11.9 Å². The van der Waals surface area contributed by atoms with E-state index in [0.717, 1.165) is 22.9 Å². The Hall–Kier alpha value is -4.75. The van der Waals surface area contributed by atoms with E-state index in [1.54, 1.807) is 39.0 Å². The first-order chi connectivity index (χ1) is 21.2. The summed E-state index contributed by atoms with van der Waals surface area (Å²) in [6.45, 7) is 9.13. The van der Waals surface area contributed by atoms with Crippen molar-refractivity contribution in [1.29, 1.82) is 0 Å². The van der Waals surface area contributed by atoms with Gasteiger partial charge in [0.1, 0.15) is 5.75 Å². The fraction of sp³-hybridized carbons (Fsp3) is 0.257. The number of aromatic carboxylic acids is 2. The number of rotatable bonds is 12. The zero-order chi connectivity index (χ0) is 33.1. The van der Waals surface area contributed by atoms with Crippen molar-refractivity contribution in [3.8, 4) is 11.5 Å². The number of hydrogen-bond acceptors (Lipinski definition) is 6. The van der Waals surface area contributed by atoms with Gasteiger partial charge in [-0.3, -0.25) is 9.59 Å². The lowest BCUT2D eigenvalue weighted by Gasteiger charge is -2.27. The van der Waals surface area contributed by atoms with Crippen molar-refractivity contribution in [3.05, 3.63) is 95.1 Å². The lowest BCUT2D eigenvalue weighted by molar-refractivity contribution is 0.0683. The van der Waals surface area contributed by atoms with Gasteiger partial charge in [0.05, 0.1) is 22.4 Å². The van der Waals surface area contributed by atoms with Crippen LogP contribution in [-0.2, 0) is 0 Å². The summed E-state index contributed by atoms with van der Waals surface area (Å²) in [5, 5.41) is 27.9. The zero-order valence-corrected chi connectivity index (χ0v) is 27.0. The van der Waals surface area contributed by atoms with E-state index in [4.69, 9.17) is 4.74 Å². The van der Waals surface area contributed by atoms with Crippen molar-refractivity contribution in [2.45, 2.75) is 46.6 Å². The van der Waals surface area contributed by atoms with E-state index in [-0.39, 0.29) is 16.7 Å². The number of hydrogen-bond donors (Lipinski definition) is 4. The van der Waals surface area contributed by atoms with Gasteiger partial charge in [-0.15, -0.1) is 9.24 Å². The van der Waals surface area contributed by atoms with Crippen molar-refractivity contribution in [1.82, 2.24) is 0 Å². The monoisotopic (exact) mass is 628 g/mol. The van der Waals surface area contributed by atoms with E-state index in [1.165, 1.54) is 0 Å². The van der Waals surface area contributed by atoms with Gasteiger partial charge < -0.3 is 25.6 Å².